The highest BCUT2D eigenvalue weighted by Gasteiger charge is 2.27. The molecule has 1 atom stereocenters. The van der Waals surface area contributed by atoms with Crippen LogP contribution in [-0.4, -0.2) is 66.5 Å². The van der Waals surface area contributed by atoms with Gasteiger partial charge in [0, 0.05) is 33.8 Å². The molecule has 2 heterocycles. The first kappa shape index (κ1) is 21.8. The van der Waals surface area contributed by atoms with E-state index in [1.54, 1.807) is 49.5 Å². The summed E-state index contributed by atoms with van der Waals surface area (Å²) in [6.45, 7) is 1.52. The predicted octanol–water partition coefficient (Wildman–Crippen LogP) is 3.11. The lowest BCUT2D eigenvalue weighted by Gasteiger charge is -2.30. The molecule has 1 fully saturated rings. The Balaban J connectivity index is 1.74. The topological polar surface area (TPSA) is 66.2 Å². The summed E-state index contributed by atoms with van der Waals surface area (Å²) in [5, 5.41) is 0. The van der Waals surface area contributed by atoms with E-state index in [0.717, 1.165) is 18.4 Å². The molecule has 1 aliphatic heterocycles. The number of halogens is 1. The van der Waals surface area contributed by atoms with E-state index in [9.17, 15) is 14.0 Å². The highest BCUT2D eigenvalue weighted by molar-refractivity contribution is 5.84. The smallest absolute Gasteiger partial charge is 0.320 e. The van der Waals surface area contributed by atoms with Gasteiger partial charge < -0.3 is 23.9 Å². The van der Waals surface area contributed by atoms with Crippen molar-refractivity contribution in [3.8, 4) is 0 Å². The van der Waals surface area contributed by atoms with Gasteiger partial charge in [0.15, 0.2) is 0 Å². The Labute approximate surface area is 176 Å². The number of carbonyl (C=O) groups is 2. The molecule has 30 heavy (non-hydrogen) atoms. The number of ether oxygens (including phenoxy) is 1. The number of rotatable bonds is 8. The first-order valence-corrected chi connectivity index (χ1v) is 10.0. The van der Waals surface area contributed by atoms with Crippen molar-refractivity contribution in [2.75, 3.05) is 33.8 Å². The first-order chi connectivity index (χ1) is 14.4. The average molecular weight is 417 g/mol. The van der Waals surface area contributed by atoms with Gasteiger partial charge >= 0.3 is 6.03 Å². The molecule has 1 aromatic heterocycles. The highest BCUT2D eigenvalue weighted by atomic mass is 19.1. The standard InChI is InChI=1S/C22H28FN3O4/c1-24(2)22(28)26(15-20-6-4-12-30-20)16-21(27)25(14-19-5-3-11-29-19)13-17-7-9-18(23)10-8-17/h3,5,7-11,20H,4,6,12-16H2,1-2H3/t20-/m1/s1. The summed E-state index contributed by atoms with van der Waals surface area (Å²) < 4.78 is 24.3. The number of carbonyl (C=O) groups excluding carboxylic acids is 2. The largest absolute Gasteiger partial charge is 0.467 e. The molecule has 0 spiro atoms. The molecule has 0 bridgehead atoms. The van der Waals surface area contributed by atoms with Crippen LogP contribution in [0.1, 0.15) is 24.2 Å². The third kappa shape index (κ3) is 6.06. The Hall–Kier alpha value is -2.87. The number of nitrogens with zero attached hydrogens (tertiary/aromatic N) is 3. The molecule has 162 valence electrons. The van der Waals surface area contributed by atoms with Crippen LogP contribution in [0.3, 0.4) is 0 Å². The summed E-state index contributed by atoms with van der Waals surface area (Å²) in [7, 11) is 3.32. The molecule has 0 unspecified atom stereocenters. The van der Waals surface area contributed by atoms with Crippen LogP contribution in [0.25, 0.3) is 0 Å². The fourth-order valence-corrected chi connectivity index (χ4v) is 3.42. The Morgan fingerprint density at radius 2 is 1.87 bits per heavy atom. The highest BCUT2D eigenvalue weighted by Crippen LogP contribution is 2.16. The quantitative estimate of drug-likeness (QED) is 0.662. The number of hydrogen-bond donors (Lipinski definition) is 0. The second-order valence-electron chi connectivity index (χ2n) is 7.65. The van der Waals surface area contributed by atoms with Crippen LogP contribution >= 0.6 is 0 Å². The van der Waals surface area contributed by atoms with Gasteiger partial charge in [-0.15, -0.1) is 0 Å². The van der Waals surface area contributed by atoms with Gasteiger partial charge in [-0.05, 0) is 42.7 Å². The van der Waals surface area contributed by atoms with Crippen LogP contribution in [0.4, 0.5) is 9.18 Å². The molecule has 3 amide bonds. The van der Waals surface area contributed by atoms with Gasteiger partial charge in [0.25, 0.3) is 0 Å². The molecule has 1 aliphatic rings. The van der Waals surface area contributed by atoms with Crippen molar-refractivity contribution in [2.24, 2.45) is 0 Å². The summed E-state index contributed by atoms with van der Waals surface area (Å²) in [6, 6.07) is 9.34. The maximum atomic E-state index is 13.3. The minimum Gasteiger partial charge on any atom is -0.467 e. The van der Waals surface area contributed by atoms with Gasteiger partial charge in [-0.2, -0.15) is 0 Å². The maximum absolute atomic E-state index is 13.3. The van der Waals surface area contributed by atoms with E-state index in [1.807, 2.05) is 0 Å². The minimum atomic E-state index is -0.332. The van der Waals surface area contributed by atoms with Crippen molar-refractivity contribution in [2.45, 2.75) is 32.0 Å². The Bertz CT molecular complexity index is 817. The van der Waals surface area contributed by atoms with Crippen molar-refractivity contribution in [3.63, 3.8) is 0 Å². The van der Waals surface area contributed by atoms with Crippen LogP contribution in [0.2, 0.25) is 0 Å². The van der Waals surface area contributed by atoms with Crippen molar-refractivity contribution < 1.29 is 23.1 Å². The second kappa shape index (κ2) is 10.2. The average Bonchev–Trinajstić information content (AvgIpc) is 3.42. The summed E-state index contributed by atoms with van der Waals surface area (Å²) in [6.07, 6.45) is 3.32. The SMILES string of the molecule is CN(C)C(=O)N(CC(=O)N(Cc1ccc(F)cc1)Cc1ccco1)C[C@H]1CCCO1. The predicted molar refractivity (Wildman–Crippen MR) is 109 cm³/mol. The number of benzene rings is 1. The van der Waals surface area contributed by atoms with Crippen molar-refractivity contribution in [1.29, 1.82) is 0 Å². The molecular weight excluding hydrogens is 389 g/mol. The number of urea groups is 1. The van der Waals surface area contributed by atoms with Crippen molar-refractivity contribution in [3.05, 3.63) is 59.8 Å². The van der Waals surface area contributed by atoms with E-state index in [2.05, 4.69) is 0 Å². The van der Waals surface area contributed by atoms with Gasteiger partial charge in [-0.1, -0.05) is 12.1 Å². The zero-order valence-electron chi connectivity index (χ0n) is 17.4. The monoisotopic (exact) mass is 417 g/mol. The van der Waals surface area contributed by atoms with E-state index in [0.29, 0.717) is 18.9 Å². The third-order valence-corrected chi connectivity index (χ3v) is 4.99. The van der Waals surface area contributed by atoms with Crippen LogP contribution in [-0.2, 0) is 22.6 Å². The molecule has 0 aliphatic carbocycles. The Morgan fingerprint density at radius 1 is 1.10 bits per heavy atom. The minimum absolute atomic E-state index is 0.0580. The summed E-state index contributed by atoms with van der Waals surface area (Å²) in [5.41, 5.74) is 0.793. The lowest BCUT2D eigenvalue weighted by Crippen LogP contribution is -2.48. The Morgan fingerprint density at radius 3 is 2.47 bits per heavy atom. The summed E-state index contributed by atoms with van der Waals surface area (Å²) >= 11 is 0. The zero-order chi connectivity index (χ0) is 21.5. The molecule has 0 radical (unpaired) electrons. The zero-order valence-corrected chi connectivity index (χ0v) is 17.4. The summed E-state index contributed by atoms with van der Waals surface area (Å²) in [4.78, 5) is 30.5. The molecule has 1 saturated heterocycles. The van der Waals surface area contributed by atoms with E-state index in [1.165, 1.54) is 21.9 Å². The van der Waals surface area contributed by atoms with E-state index in [-0.39, 0.29) is 43.5 Å². The van der Waals surface area contributed by atoms with Gasteiger partial charge in [-0.25, -0.2) is 9.18 Å². The molecule has 0 N–H and O–H groups in total. The fourth-order valence-electron chi connectivity index (χ4n) is 3.42. The van der Waals surface area contributed by atoms with Crippen molar-refractivity contribution in [1.82, 2.24) is 14.7 Å². The van der Waals surface area contributed by atoms with E-state index in [4.69, 9.17) is 9.15 Å². The third-order valence-electron chi connectivity index (χ3n) is 4.99. The fraction of sp³-hybridized carbons (Fsp3) is 0.455. The maximum Gasteiger partial charge on any atom is 0.320 e. The summed E-state index contributed by atoms with van der Waals surface area (Å²) in [5.74, 6) is 0.0842. The van der Waals surface area contributed by atoms with E-state index >= 15 is 0 Å². The van der Waals surface area contributed by atoms with Crippen LogP contribution in [0.5, 0.6) is 0 Å². The van der Waals surface area contributed by atoms with Crippen LogP contribution < -0.4 is 0 Å². The van der Waals surface area contributed by atoms with Crippen LogP contribution in [0, 0.1) is 5.82 Å². The molecule has 8 heteroatoms. The Kier molecular flexibility index (Phi) is 7.46. The normalized spacial score (nSPS) is 15.8. The molecule has 3 rings (SSSR count). The van der Waals surface area contributed by atoms with Gasteiger partial charge in [0.2, 0.25) is 5.91 Å². The van der Waals surface area contributed by atoms with Gasteiger partial charge in [0.1, 0.15) is 18.1 Å². The first-order valence-electron chi connectivity index (χ1n) is 10.0. The van der Waals surface area contributed by atoms with Crippen LogP contribution in [0.15, 0.2) is 47.1 Å². The molecule has 1 aromatic carbocycles. The number of furan rings is 1. The number of amides is 3. The van der Waals surface area contributed by atoms with Gasteiger partial charge in [0.05, 0.1) is 18.9 Å². The van der Waals surface area contributed by atoms with Gasteiger partial charge in [-0.3, -0.25) is 4.79 Å². The molecule has 2 aromatic rings. The molecule has 0 saturated carbocycles. The number of hydrogen-bond acceptors (Lipinski definition) is 4. The molecule has 7 nitrogen and oxygen atoms in total. The lowest BCUT2D eigenvalue weighted by molar-refractivity contribution is -0.133. The van der Waals surface area contributed by atoms with E-state index < -0.39 is 0 Å². The second-order valence-corrected chi connectivity index (χ2v) is 7.65. The lowest BCUT2D eigenvalue weighted by atomic mass is 10.2. The van der Waals surface area contributed by atoms with Crippen molar-refractivity contribution >= 4 is 11.9 Å². The molecular formula is C22H28FN3O4.